The Morgan fingerprint density at radius 3 is 1.92 bits per heavy atom. The lowest BCUT2D eigenvalue weighted by Crippen LogP contribution is -2.36. The third kappa shape index (κ3) is 5.23. The maximum absolute atomic E-state index is 12.3. The third-order valence-corrected chi connectivity index (χ3v) is 4.70. The van der Waals surface area contributed by atoms with E-state index in [0.717, 1.165) is 12.8 Å². The molecule has 5 nitrogen and oxygen atoms in total. The molecule has 0 unspecified atom stereocenters. The van der Waals surface area contributed by atoms with Crippen LogP contribution in [0.15, 0.2) is 48.5 Å². The first-order valence-electron chi connectivity index (χ1n) is 8.85. The largest absolute Gasteiger partial charge is 0.349 e. The van der Waals surface area contributed by atoms with Gasteiger partial charge in [-0.15, -0.1) is 0 Å². The van der Waals surface area contributed by atoms with Crippen molar-refractivity contribution in [1.82, 2.24) is 5.32 Å². The van der Waals surface area contributed by atoms with Gasteiger partial charge in [0.15, 0.2) is 0 Å². The van der Waals surface area contributed by atoms with Crippen molar-refractivity contribution >= 4 is 34.9 Å². The van der Waals surface area contributed by atoms with Crippen LogP contribution in [0.3, 0.4) is 0 Å². The highest BCUT2D eigenvalue weighted by Crippen LogP contribution is 2.18. The first-order valence-corrected chi connectivity index (χ1v) is 9.22. The summed E-state index contributed by atoms with van der Waals surface area (Å²) in [5, 5.41) is 9.15. The third-order valence-electron chi connectivity index (χ3n) is 4.45. The first kappa shape index (κ1) is 18.3. The van der Waals surface area contributed by atoms with E-state index in [1.54, 1.807) is 48.5 Å². The van der Waals surface area contributed by atoms with Gasteiger partial charge in [-0.25, -0.2) is 4.79 Å². The Hall–Kier alpha value is -2.53. The lowest BCUT2D eigenvalue weighted by molar-refractivity contribution is 0.0927. The summed E-state index contributed by atoms with van der Waals surface area (Å²) in [4.78, 5) is 24.3. The summed E-state index contributed by atoms with van der Waals surface area (Å²) in [6, 6.07) is 13.7. The van der Waals surface area contributed by atoms with E-state index >= 15 is 0 Å². The average molecular weight is 372 g/mol. The highest BCUT2D eigenvalue weighted by Gasteiger charge is 2.16. The maximum Gasteiger partial charge on any atom is 0.323 e. The molecule has 26 heavy (non-hydrogen) atoms. The molecule has 0 atom stereocenters. The van der Waals surface area contributed by atoms with Gasteiger partial charge in [0.1, 0.15) is 0 Å². The molecule has 3 rings (SSSR count). The molecule has 1 fully saturated rings. The summed E-state index contributed by atoms with van der Waals surface area (Å²) in [6.45, 7) is 0. The quantitative estimate of drug-likeness (QED) is 0.704. The number of amides is 3. The minimum Gasteiger partial charge on any atom is -0.349 e. The average Bonchev–Trinajstić information content (AvgIpc) is 2.65. The Balaban J connectivity index is 1.52. The predicted octanol–water partition coefficient (Wildman–Crippen LogP) is 5.05. The van der Waals surface area contributed by atoms with Crippen molar-refractivity contribution in [3.8, 4) is 0 Å². The van der Waals surface area contributed by atoms with E-state index in [2.05, 4.69) is 16.0 Å². The zero-order chi connectivity index (χ0) is 18.4. The minimum absolute atomic E-state index is 0.0611. The van der Waals surface area contributed by atoms with Crippen LogP contribution in [0.4, 0.5) is 16.2 Å². The summed E-state index contributed by atoms with van der Waals surface area (Å²) in [5.74, 6) is -0.0611. The Morgan fingerprint density at radius 1 is 0.808 bits per heavy atom. The lowest BCUT2D eigenvalue weighted by atomic mass is 9.95. The van der Waals surface area contributed by atoms with Crippen LogP contribution in [0.2, 0.25) is 5.02 Å². The van der Waals surface area contributed by atoms with Crippen molar-refractivity contribution in [3.63, 3.8) is 0 Å². The Morgan fingerprint density at radius 2 is 1.35 bits per heavy atom. The molecule has 1 aliphatic carbocycles. The van der Waals surface area contributed by atoms with Crippen molar-refractivity contribution < 1.29 is 9.59 Å². The Kier molecular flexibility index (Phi) is 6.12. The number of nitrogens with one attached hydrogen (secondary N) is 3. The number of carbonyl (C=O) groups excluding carboxylic acids is 2. The van der Waals surface area contributed by atoms with Gasteiger partial charge in [-0.05, 0) is 61.4 Å². The molecular formula is C20H22ClN3O2. The van der Waals surface area contributed by atoms with Gasteiger partial charge >= 0.3 is 6.03 Å². The van der Waals surface area contributed by atoms with Crippen LogP contribution in [0, 0.1) is 0 Å². The first-order chi connectivity index (χ1) is 12.6. The van der Waals surface area contributed by atoms with Crippen LogP contribution in [0.1, 0.15) is 42.5 Å². The molecule has 6 heteroatoms. The molecule has 0 spiro atoms. The van der Waals surface area contributed by atoms with Crippen LogP contribution in [0.5, 0.6) is 0 Å². The summed E-state index contributed by atoms with van der Waals surface area (Å²) in [5.41, 5.74) is 1.86. The van der Waals surface area contributed by atoms with Gasteiger partial charge in [-0.1, -0.05) is 30.9 Å². The van der Waals surface area contributed by atoms with Crippen molar-refractivity contribution in [2.45, 2.75) is 38.1 Å². The maximum atomic E-state index is 12.3. The van der Waals surface area contributed by atoms with Gasteiger partial charge in [-0.2, -0.15) is 0 Å². The van der Waals surface area contributed by atoms with E-state index in [-0.39, 0.29) is 18.0 Å². The number of benzene rings is 2. The molecule has 0 saturated heterocycles. The van der Waals surface area contributed by atoms with Gasteiger partial charge in [0, 0.05) is 28.0 Å². The molecule has 2 aromatic rings. The highest BCUT2D eigenvalue weighted by atomic mass is 35.5. The van der Waals surface area contributed by atoms with Gasteiger partial charge in [0.05, 0.1) is 0 Å². The molecule has 1 saturated carbocycles. The second kappa shape index (κ2) is 8.72. The van der Waals surface area contributed by atoms with Gasteiger partial charge in [0.2, 0.25) is 0 Å². The number of rotatable bonds is 4. The Labute approximate surface area is 158 Å². The fourth-order valence-corrected chi connectivity index (χ4v) is 3.17. The van der Waals surface area contributed by atoms with E-state index in [9.17, 15) is 9.59 Å². The molecule has 3 amide bonds. The fourth-order valence-electron chi connectivity index (χ4n) is 3.05. The smallest absolute Gasteiger partial charge is 0.323 e. The fraction of sp³-hybridized carbons (Fsp3) is 0.300. The molecule has 0 heterocycles. The molecule has 2 aromatic carbocycles. The molecule has 1 aliphatic rings. The van der Waals surface area contributed by atoms with Crippen molar-refractivity contribution in [3.05, 3.63) is 59.1 Å². The Bertz CT molecular complexity index is 754. The predicted molar refractivity (Wildman–Crippen MR) is 105 cm³/mol. The second-order valence-corrected chi connectivity index (χ2v) is 6.91. The van der Waals surface area contributed by atoms with Gasteiger partial charge in [0.25, 0.3) is 5.91 Å². The molecule has 136 valence electrons. The van der Waals surface area contributed by atoms with Crippen LogP contribution in [0.25, 0.3) is 0 Å². The molecule has 0 aromatic heterocycles. The number of halogens is 1. The molecular weight excluding hydrogens is 350 g/mol. The van der Waals surface area contributed by atoms with Crippen LogP contribution in [-0.4, -0.2) is 18.0 Å². The number of hydrogen-bond donors (Lipinski definition) is 3. The molecule has 0 bridgehead atoms. The number of hydrogen-bond acceptors (Lipinski definition) is 2. The second-order valence-electron chi connectivity index (χ2n) is 6.47. The molecule has 0 radical (unpaired) electrons. The summed E-state index contributed by atoms with van der Waals surface area (Å²) >= 11 is 5.82. The summed E-state index contributed by atoms with van der Waals surface area (Å²) in [6.07, 6.45) is 5.71. The number of anilines is 2. The SMILES string of the molecule is O=C(Nc1ccc(Cl)cc1)Nc1ccc(C(=O)NC2CCCCC2)cc1. The van der Waals surface area contributed by atoms with E-state index in [0.29, 0.717) is 22.0 Å². The zero-order valence-electron chi connectivity index (χ0n) is 14.4. The zero-order valence-corrected chi connectivity index (χ0v) is 15.2. The standard InChI is InChI=1S/C20H22ClN3O2/c21-15-8-12-18(13-9-15)24-20(26)23-17-10-6-14(7-11-17)19(25)22-16-4-2-1-3-5-16/h6-13,16H,1-5H2,(H,22,25)(H2,23,24,26). The normalized spacial score (nSPS) is 14.5. The van der Waals surface area contributed by atoms with Crippen LogP contribution in [-0.2, 0) is 0 Å². The van der Waals surface area contributed by atoms with Crippen molar-refractivity contribution in [2.24, 2.45) is 0 Å². The topological polar surface area (TPSA) is 70.2 Å². The minimum atomic E-state index is -0.355. The van der Waals surface area contributed by atoms with Crippen LogP contribution < -0.4 is 16.0 Å². The van der Waals surface area contributed by atoms with Gasteiger partial charge < -0.3 is 16.0 Å². The van der Waals surface area contributed by atoms with Gasteiger partial charge in [-0.3, -0.25) is 4.79 Å². The molecule has 0 aliphatic heterocycles. The summed E-state index contributed by atoms with van der Waals surface area (Å²) in [7, 11) is 0. The van der Waals surface area contributed by atoms with E-state index < -0.39 is 0 Å². The summed E-state index contributed by atoms with van der Waals surface area (Å²) < 4.78 is 0. The number of urea groups is 1. The van der Waals surface area contributed by atoms with Crippen molar-refractivity contribution in [2.75, 3.05) is 10.6 Å². The molecule has 3 N–H and O–H groups in total. The number of carbonyl (C=O) groups is 2. The monoisotopic (exact) mass is 371 g/mol. The van der Waals surface area contributed by atoms with E-state index in [4.69, 9.17) is 11.6 Å². The van der Waals surface area contributed by atoms with Crippen LogP contribution >= 0.6 is 11.6 Å². The lowest BCUT2D eigenvalue weighted by Gasteiger charge is -2.22. The van der Waals surface area contributed by atoms with E-state index in [1.807, 2.05) is 0 Å². The van der Waals surface area contributed by atoms with Crippen molar-refractivity contribution in [1.29, 1.82) is 0 Å². The van der Waals surface area contributed by atoms with E-state index in [1.165, 1.54) is 19.3 Å². The highest BCUT2D eigenvalue weighted by molar-refractivity contribution is 6.30.